The zero-order chi connectivity index (χ0) is 54.1. The van der Waals surface area contributed by atoms with Gasteiger partial charge in [0.1, 0.15) is 27.8 Å². The number of hydrogen-bond acceptors (Lipinski definition) is 7. The molecule has 77 heavy (non-hydrogen) atoms. The molecular weight excluding hydrogens is 1090 g/mol. The number of unbranched alkanes of at least 4 members (excludes halogenated alkanes) is 4. The van der Waals surface area contributed by atoms with E-state index in [1.165, 1.54) is 84.5 Å². The van der Waals surface area contributed by atoms with E-state index in [9.17, 15) is 28.0 Å². The van der Waals surface area contributed by atoms with E-state index in [1.807, 2.05) is 13.0 Å². The summed E-state index contributed by atoms with van der Waals surface area (Å²) in [4.78, 5) is 67.2. The van der Waals surface area contributed by atoms with Gasteiger partial charge in [-0.25, -0.2) is 18.7 Å². The van der Waals surface area contributed by atoms with Crippen LogP contribution in [0.2, 0.25) is 18.5 Å². The number of hydrogen-bond donors (Lipinski definition) is 0. The first-order valence-corrected chi connectivity index (χ1v) is 34.8. The second-order valence-corrected chi connectivity index (χ2v) is 33.3. The van der Waals surface area contributed by atoms with Gasteiger partial charge in [-0.2, -0.15) is 0 Å². The van der Waals surface area contributed by atoms with E-state index in [4.69, 9.17) is 16.6 Å². The maximum absolute atomic E-state index is 14.2. The van der Waals surface area contributed by atoms with E-state index in [1.54, 1.807) is 89.5 Å². The molecule has 13 heteroatoms. The summed E-state index contributed by atoms with van der Waals surface area (Å²) < 4.78 is 34.2. The molecule has 0 radical (unpaired) electrons. The third-order valence-corrected chi connectivity index (χ3v) is 30.5. The van der Waals surface area contributed by atoms with Gasteiger partial charge in [-0.05, 0) is 80.8 Å². The van der Waals surface area contributed by atoms with Gasteiger partial charge in [0.25, 0.3) is 23.6 Å². The summed E-state index contributed by atoms with van der Waals surface area (Å²) in [6, 6.07) is 36.5. The molecule has 0 fully saturated rings. The van der Waals surface area contributed by atoms with Crippen molar-refractivity contribution in [2.24, 2.45) is 0 Å². The topological polar surface area (TPSA) is 113 Å². The van der Waals surface area contributed by atoms with Crippen LogP contribution in [0.1, 0.15) is 171 Å². The van der Waals surface area contributed by atoms with Crippen molar-refractivity contribution in [1.82, 2.24) is 24.8 Å². The van der Waals surface area contributed by atoms with Crippen molar-refractivity contribution in [1.29, 1.82) is 0 Å². The summed E-state index contributed by atoms with van der Waals surface area (Å²) in [5.74, 6) is -2.18. The van der Waals surface area contributed by atoms with Crippen molar-refractivity contribution in [3.8, 4) is 0 Å². The molecule has 2 aliphatic rings. The van der Waals surface area contributed by atoms with Crippen molar-refractivity contribution < 1.29 is 28.0 Å². The monoisotopic (exact) mass is 1170 g/mol. The zero-order valence-electron chi connectivity index (χ0n) is 44.3. The van der Waals surface area contributed by atoms with E-state index in [2.05, 4.69) is 74.2 Å². The molecule has 0 unspecified atom stereocenters. The number of rotatable bonds is 17. The number of imide groups is 2. The predicted molar refractivity (Wildman–Crippen MR) is 311 cm³/mol. The number of aromatic nitrogens is 3. The van der Waals surface area contributed by atoms with Gasteiger partial charge >= 0.3 is 147 Å². The summed E-state index contributed by atoms with van der Waals surface area (Å²) in [6.07, 6.45) is 12.8. The first kappa shape index (κ1) is 58.2. The quantitative estimate of drug-likeness (QED) is 0.0507. The standard InChI is InChI=1S/C23H21FN2O2.C19H12ClFN2O2.C9H6N.3C4H9.CH4.Sn/c1-3-4-12-20-18(13-15-8-7-11-19(24)21(15)25-20)14(2)26-22(27)16-9-5-6-10-17(16)23(26)28;1-10(23-18(24)12-6-2-3-7-13(12)19(23)25)14-9-11-5-4-8-15(21)16(11)22-17(14)20;1-2-4-9-7-10-6-5-8(9)3-1;3*1-3-4-2;;/h5-11,13-14H,3-4,12H2,1-2H3;2-10H,1H3;1-6H;3*1,3-4H2,2H3;1H4;/t14-;10-;;;;;;/m00....../s1. The zero-order valence-corrected chi connectivity index (χ0v) is 48.0. The number of fused-ring (bicyclic) bond motifs is 5. The van der Waals surface area contributed by atoms with Crippen LogP contribution < -0.4 is 3.71 Å². The second kappa shape index (κ2) is 26.3. The van der Waals surface area contributed by atoms with Gasteiger partial charge in [0.05, 0.1) is 34.3 Å². The molecule has 0 N–H and O–H groups in total. The van der Waals surface area contributed by atoms with E-state index in [0.717, 1.165) is 24.1 Å². The Balaban J connectivity index is 0.000000168. The largest absolute Gasteiger partial charge is 0.269 e. The maximum atomic E-state index is 14.2. The van der Waals surface area contributed by atoms with Gasteiger partial charge in [-0.15, -0.1) is 0 Å². The van der Waals surface area contributed by atoms with E-state index >= 15 is 0 Å². The van der Waals surface area contributed by atoms with Crippen LogP contribution in [0.25, 0.3) is 32.6 Å². The number of carbonyl (C=O) groups is 4. The van der Waals surface area contributed by atoms with Crippen molar-refractivity contribution in [2.75, 3.05) is 0 Å². The molecule has 400 valence electrons. The molecule has 3 aromatic heterocycles. The predicted octanol–water partition coefficient (Wildman–Crippen LogP) is 16.4. The average molecular weight is 1170 g/mol. The van der Waals surface area contributed by atoms with Crippen LogP contribution in [0.15, 0.2) is 134 Å². The Labute approximate surface area is 461 Å². The summed E-state index contributed by atoms with van der Waals surface area (Å²) in [6.45, 7) is 12.6. The number of benzene rings is 5. The molecule has 0 saturated carbocycles. The van der Waals surface area contributed by atoms with Gasteiger partial charge < -0.3 is 0 Å². The van der Waals surface area contributed by atoms with Crippen LogP contribution in [0.3, 0.4) is 0 Å². The minimum absolute atomic E-state index is 0. The van der Waals surface area contributed by atoms with Gasteiger partial charge in [0, 0.05) is 22.0 Å². The summed E-state index contributed by atoms with van der Waals surface area (Å²) >= 11 is 3.81. The molecule has 9 nitrogen and oxygen atoms in total. The van der Waals surface area contributed by atoms with Gasteiger partial charge in [0.2, 0.25) is 0 Å². The molecule has 2 aliphatic heterocycles. The number of para-hydroxylation sites is 2. The molecule has 0 aliphatic carbocycles. The van der Waals surface area contributed by atoms with Crippen LogP contribution in [0.4, 0.5) is 8.78 Å². The third kappa shape index (κ3) is 12.2. The fourth-order valence-electron chi connectivity index (χ4n) is 10.8. The van der Waals surface area contributed by atoms with Crippen LogP contribution in [-0.2, 0) is 6.42 Å². The number of aryl methyl sites for hydroxylation is 1. The SMILES string of the molecule is C.CCCCc1nc2c(F)cccc2cc1[C@H](C)N1C(=O)c2ccccc2C1=O.CCC[CH2][Sn]([CH2]CCC)([CH2]CCC)[c]1nccc2ccccc12.C[C@@H](c1cc2cccc(F)c2nc1Cl)N1C(=O)c2ccccc2C1=O. The molecular formula is C64H70ClF2N5O4Sn. The minimum Gasteiger partial charge on any atom is -0.269 e. The molecule has 10 rings (SSSR count). The Morgan fingerprint density at radius 3 is 1.42 bits per heavy atom. The fraction of sp³-hybridized carbons (Fsp3) is 0.328. The third-order valence-electron chi connectivity index (χ3n) is 15.0. The molecule has 8 aromatic rings. The molecule has 0 bridgehead atoms. The summed E-state index contributed by atoms with van der Waals surface area (Å²) in [7, 11) is 0. The second-order valence-electron chi connectivity index (χ2n) is 20.0. The van der Waals surface area contributed by atoms with Crippen molar-refractivity contribution in [2.45, 2.75) is 132 Å². The van der Waals surface area contributed by atoms with Crippen molar-refractivity contribution >= 4 is 89.9 Å². The normalized spacial score (nSPS) is 13.7. The van der Waals surface area contributed by atoms with Gasteiger partial charge in [-0.1, -0.05) is 80.9 Å². The first-order chi connectivity index (χ1) is 36.8. The molecule has 0 saturated heterocycles. The van der Waals surface area contributed by atoms with Crippen LogP contribution >= 0.6 is 11.6 Å². The minimum atomic E-state index is -2.42. The van der Waals surface area contributed by atoms with Gasteiger partial charge in [-0.3, -0.25) is 29.0 Å². The van der Waals surface area contributed by atoms with E-state index in [-0.39, 0.29) is 47.5 Å². The number of pyridine rings is 3. The molecule has 2 atom stereocenters. The van der Waals surface area contributed by atoms with Crippen LogP contribution in [0, 0.1) is 11.6 Å². The molecule has 4 amide bonds. The number of carbonyl (C=O) groups excluding carboxylic acids is 4. The Morgan fingerprint density at radius 2 is 0.935 bits per heavy atom. The van der Waals surface area contributed by atoms with Gasteiger partial charge in [0.15, 0.2) is 0 Å². The Kier molecular flexibility index (Phi) is 19.9. The van der Waals surface area contributed by atoms with E-state index in [0.29, 0.717) is 50.5 Å². The fourth-order valence-corrected chi connectivity index (χ4v) is 27.3. The summed E-state index contributed by atoms with van der Waals surface area (Å²) in [5.41, 5.74) is 4.10. The van der Waals surface area contributed by atoms with Crippen molar-refractivity contribution in [3.63, 3.8) is 0 Å². The van der Waals surface area contributed by atoms with Crippen LogP contribution in [-0.4, -0.2) is 66.8 Å². The van der Waals surface area contributed by atoms with E-state index < -0.39 is 36.3 Å². The van der Waals surface area contributed by atoms with Crippen LogP contribution in [0.5, 0.6) is 0 Å². The summed E-state index contributed by atoms with van der Waals surface area (Å²) in [5, 5.41) is 4.15. The Hall–Kier alpha value is -6.44. The molecule has 5 aromatic carbocycles. The number of nitrogens with zero attached hydrogens (tertiary/aromatic N) is 5. The smallest absolute Gasteiger partial charge is 0.262 e. The molecule has 0 spiro atoms. The maximum Gasteiger partial charge on any atom is 0.262 e. The number of amides is 4. The Bertz CT molecular complexity index is 3350. The Morgan fingerprint density at radius 1 is 0.519 bits per heavy atom. The first-order valence-electron chi connectivity index (χ1n) is 26.9. The molecule has 5 heterocycles. The average Bonchev–Trinajstić information content (AvgIpc) is 3.91. The van der Waals surface area contributed by atoms with Crippen molar-refractivity contribution in [3.05, 3.63) is 189 Å². The number of halogens is 3.